The van der Waals surface area contributed by atoms with E-state index in [9.17, 15) is 18.0 Å². The molecule has 37 heavy (non-hydrogen) atoms. The second kappa shape index (κ2) is 10.1. The number of carbonyl (C=O) groups excluding carboxylic acids is 1. The minimum Gasteiger partial charge on any atom is -0.322 e. The van der Waals surface area contributed by atoms with Crippen molar-refractivity contribution in [2.24, 2.45) is 7.05 Å². The van der Waals surface area contributed by atoms with Crippen molar-refractivity contribution in [3.05, 3.63) is 81.3 Å². The van der Waals surface area contributed by atoms with Gasteiger partial charge >= 0.3 is 6.18 Å². The Labute approximate surface area is 217 Å². The van der Waals surface area contributed by atoms with Crippen molar-refractivity contribution < 1.29 is 18.0 Å². The lowest BCUT2D eigenvalue weighted by Gasteiger charge is -2.19. The molecule has 2 aromatic carbocycles. The summed E-state index contributed by atoms with van der Waals surface area (Å²) < 4.78 is 42.6. The Morgan fingerprint density at radius 2 is 1.92 bits per heavy atom. The Morgan fingerprint density at radius 1 is 1.19 bits per heavy atom. The highest BCUT2D eigenvalue weighted by atomic mass is 35.5. The molecular formula is C25H27ClF3N7O. The van der Waals surface area contributed by atoms with Gasteiger partial charge in [0.25, 0.3) is 5.91 Å². The summed E-state index contributed by atoms with van der Waals surface area (Å²) in [6.07, 6.45) is -1.07. The normalized spacial score (nSPS) is 13.7. The summed E-state index contributed by atoms with van der Waals surface area (Å²) in [5.74, 6) is -0.549. The van der Waals surface area contributed by atoms with Gasteiger partial charge in [-0.3, -0.25) is 14.5 Å². The molecule has 0 saturated carbocycles. The minimum atomic E-state index is -4.67. The molecule has 1 aliphatic heterocycles. The van der Waals surface area contributed by atoms with Crippen LogP contribution in [0.25, 0.3) is 5.70 Å². The number of halogens is 4. The lowest BCUT2D eigenvalue weighted by molar-refractivity contribution is -0.137. The Kier molecular flexibility index (Phi) is 7.22. The summed E-state index contributed by atoms with van der Waals surface area (Å²) in [5, 5.41) is 8.20. The lowest BCUT2D eigenvalue weighted by atomic mass is 10.1. The van der Waals surface area contributed by atoms with Gasteiger partial charge < -0.3 is 15.6 Å². The van der Waals surface area contributed by atoms with Gasteiger partial charge in [-0.1, -0.05) is 17.7 Å². The monoisotopic (exact) mass is 533 g/mol. The number of nitrogens with one attached hydrogen (secondary N) is 3. The molecular weight excluding hydrogens is 507 g/mol. The van der Waals surface area contributed by atoms with Crippen LogP contribution in [0.15, 0.2) is 42.7 Å². The number of rotatable bonds is 6. The maximum Gasteiger partial charge on any atom is 0.417 e. The number of aromatic nitrogens is 2. The lowest BCUT2D eigenvalue weighted by Crippen LogP contribution is -2.36. The van der Waals surface area contributed by atoms with Crippen molar-refractivity contribution in [1.82, 2.24) is 25.6 Å². The molecule has 4 rings (SSSR count). The van der Waals surface area contributed by atoms with E-state index >= 15 is 0 Å². The molecule has 1 amide bonds. The summed E-state index contributed by atoms with van der Waals surface area (Å²) in [6.45, 7) is 4.02. The van der Waals surface area contributed by atoms with E-state index in [0.29, 0.717) is 5.69 Å². The van der Waals surface area contributed by atoms with E-state index in [4.69, 9.17) is 11.6 Å². The standard InChI is InChI=1S/C25H27ClF3N7O/c1-14-6-7-16(9-22(14)36-13-21(32-33-36)19-11-30-35(5)15(19)2)24(37)31-18-8-17(12-34(3)4)23(26)20(10-18)25(27,28)29/h6-11,13,32-33H,12H2,1-5H3,(H,31,37). The molecule has 0 spiro atoms. The van der Waals surface area contributed by atoms with Gasteiger partial charge in [-0.2, -0.15) is 18.3 Å². The average Bonchev–Trinajstić information content (AvgIpc) is 3.42. The molecule has 0 bridgehead atoms. The second-order valence-corrected chi connectivity index (χ2v) is 9.48. The number of aryl methyl sites for hydroxylation is 2. The van der Waals surface area contributed by atoms with E-state index in [2.05, 4.69) is 21.4 Å². The minimum absolute atomic E-state index is 0.0101. The molecule has 196 valence electrons. The van der Waals surface area contributed by atoms with E-state index in [1.165, 1.54) is 6.07 Å². The second-order valence-electron chi connectivity index (χ2n) is 9.10. The first-order valence-electron chi connectivity index (χ1n) is 11.3. The Balaban J connectivity index is 1.62. The number of benzene rings is 2. The Morgan fingerprint density at radius 3 is 2.54 bits per heavy atom. The Hall–Kier alpha value is -3.54. The van der Waals surface area contributed by atoms with E-state index < -0.39 is 17.6 Å². The number of hydrazine groups is 2. The maximum atomic E-state index is 13.6. The quantitative estimate of drug-likeness (QED) is 0.420. The van der Waals surface area contributed by atoms with Crippen molar-refractivity contribution in [1.29, 1.82) is 0 Å². The molecule has 0 radical (unpaired) electrons. The number of alkyl halides is 3. The number of hydrogen-bond donors (Lipinski definition) is 3. The van der Waals surface area contributed by atoms with Gasteiger partial charge in [-0.05, 0) is 63.3 Å². The third-order valence-corrected chi connectivity index (χ3v) is 6.47. The summed E-state index contributed by atoms with van der Waals surface area (Å²) >= 11 is 6.05. The van der Waals surface area contributed by atoms with Gasteiger partial charge in [-0.15, -0.1) is 5.53 Å². The van der Waals surface area contributed by atoms with E-state index in [0.717, 1.165) is 28.6 Å². The first kappa shape index (κ1) is 26.5. The van der Waals surface area contributed by atoms with Crippen LogP contribution in [0.2, 0.25) is 5.02 Å². The van der Waals surface area contributed by atoms with Crippen LogP contribution >= 0.6 is 11.6 Å². The van der Waals surface area contributed by atoms with Crippen molar-refractivity contribution in [3.63, 3.8) is 0 Å². The van der Waals surface area contributed by atoms with Crippen molar-refractivity contribution >= 4 is 34.6 Å². The van der Waals surface area contributed by atoms with Gasteiger partial charge in [0, 0.05) is 42.3 Å². The van der Waals surface area contributed by atoms with Crippen molar-refractivity contribution in [2.45, 2.75) is 26.6 Å². The predicted octanol–water partition coefficient (Wildman–Crippen LogP) is 4.85. The third kappa shape index (κ3) is 5.58. The predicted molar refractivity (Wildman–Crippen MR) is 138 cm³/mol. The van der Waals surface area contributed by atoms with Crippen LogP contribution in [0.3, 0.4) is 0 Å². The first-order valence-corrected chi connectivity index (χ1v) is 11.7. The molecule has 3 N–H and O–H groups in total. The fourth-order valence-corrected chi connectivity index (χ4v) is 4.25. The summed E-state index contributed by atoms with van der Waals surface area (Å²) in [7, 11) is 5.30. The summed E-state index contributed by atoms with van der Waals surface area (Å²) in [6, 6.07) is 7.37. The molecule has 8 nitrogen and oxygen atoms in total. The molecule has 0 fully saturated rings. The number of carbonyl (C=O) groups is 1. The third-order valence-electron chi connectivity index (χ3n) is 6.02. The number of hydrogen-bond acceptors (Lipinski definition) is 6. The van der Waals surface area contributed by atoms with Crippen molar-refractivity contribution in [3.8, 4) is 0 Å². The highest BCUT2D eigenvalue weighted by Crippen LogP contribution is 2.39. The van der Waals surface area contributed by atoms with Crippen LogP contribution in [0, 0.1) is 13.8 Å². The fourth-order valence-electron chi connectivity index (χ4n) is 3.98. The highest BCUT2D eigenvalue weighted by Gasteiger charge is 2.35. The molecule has 1 aromatic heterocycles. The molecule has 0 saturated heterocycles. The fraction of sp³-hybridized carbons (Fsp3) is 0.280. The molecule has 1 aliphatic rings. The maximum absolute atomic E-state index is 13.6. The molecule has 3 aromatic rings. The van der Waals surface area contributed by atoms with Crippen LogP contribution in [0.1, 0.15) is 38.3 Å². The van der Waals surface area contributed by atoms with E-state index in [-0.39, 0.29) is 28.4 Å². The van der Waals surface area contributed by atoms with Crippen LogP contribution in [0.4, 0.5) is 24.5 Å². The Bertz CT molecular complexity index is 1380. The molecule has 2 heterocycles. The highest BCUT2D eigenvalue weighted by molar-refractivity contribution is 6.32. The summed E-state index contributed by atoms with van der Waals surface area (Å²) in [5.41, 5.74) is 9.96. The van der Waals surface area contributed by atoms with Gasteiger partial charge in [0.05, 0.1) is 28.2 Å². The number of amides is 1. The molecule has 0 unspecified atom stereocenters. The zero-order chi connectivity index (χ0) is 27.1. The zero-order valence-corrected chi connectivity index (χ0v) is 21.7. The van der Waals surface area contributed by atoms with Crippen LogP contribution in [0.5, 0.6) is 0 Å². The molecule has 0 aliphatic carbocycles. The first-order chi connectivity index (χ1) is 17.3. The van der Waals surface area contributed by atoms with Gasteiger partial charge in [0.15, 0.2) is 0 Å². The zero-order valence-electron chi connectivity index (χ0n) is 21.0. The van der Waals surface area contributed by atoms with Gasteiger partial charge in [0.1, 0.15) is 0 Å². The smallest absolute Gasteiger partial charge is 0.322 e. The largest absolute Gasteiger partial charge is 0.417 e. The summed E-state index contributed by atoms with van der Waals surface area (Å²) in [4.78, 5) is 14.8. The van der Waals surface area contributed by atoms with E-state index in [1.54, 1.807) is 53.1 Å². The van der Waals surface area contributed by atoms with Crippen LogP contribution in [-0.2, 0) is 19.8 Å². The number of anilines is 2. The van der Waals surface area contributed by atoms with E-state index in [1.807, 2.05) is 27.1 Å². The number of nitrogens with zero attached hydrogens (tertiary/aromatic N) is 4. The molecule has 0 atom stereocenters. The molecule has 12 heteroatoms. The van der Waals surface area contributed by atoms with Crippen LogP contribution < -0.4 is 21.3 Å². The SMILES string of the molecule is Cc1ccc(C(=O)Nc2cc(CN(C)C)c(Cl)c(C(F)(F)F)c2)cc1N1C=C(c2cnn(C)c2C)NN1. The van der Waals surface area contributed by atoms with Gasteiger partial charge in [-0.25, -0.2) is 0 Å². The van der Waals surface area contributed by atoms with Crippen molar-refractivity contribution in [2.75, 3.05) is 24.4 Å². The topological polar surface area (TPSA) is 77.5 Å². The van der Waals surface area contributed by atoms with Crippen LogP contribution in [-0.4, -0.2) is 34.7 Å². The average molecular weight is 534 g/mol. The van der Waals surface area contributed by atoms with Gasteiger partial charge in [0.2, 0.25) is 0 Å².